The van der Waals surface area contributed by atoms with Gasteiger partial charge >= 0.3 is 12.1 Å². The highest BCUT2D eigenvalue weighted by molar-refractivity contribution is 5.83. The first kappa shape index (κ1) is 22.3. The van der Waals surface area contributed by atoms with Crippen LogP contribution in [0.3, 0.4) is 0 Å². The summed E-state index contributed by atoms with van der Waals surface area (Å²) >= 11 is 0. The molecule has 0 bridgehead atoms. The summed E-state index contributed by atoms with van der Waals surface area (Å²) in [7, 11) is 1.57. The van der Waals surface area contributed by atoms with Gasteiger partial charge in [-0.05, 0) is 42.7 Å². The van der Waals surface area contributed by atoms with Crippen molar-refractivity contribution < 1.29 is 32.2 Å². The average molecular weight is 409 g/mol. The monoisotopic (exact) mass is 409 g/mol. The van der Waals surface area contributed by atoms with Crippen LogP contribution in [-0.4, -0.2) is 31.6 Å². The van der Waals surface area contributed by atoms with Crippen molar-refractivity contribution >= 4 is 11.9 Å². The molecular weight excluding hydrogens is 387 g/mol. The van der Waals surface area contributed by atoms with Crippen LogP contribution in [-0.2, 0) is 33.3 Å². The molecule has 1 N–H and O–H groups in total. The smallest absolute Gasteiger partial charge is 0.416 e. The molecule has 1 amide bonds. The van der Waals surface area contributed by atoms with Crippen LogP contribution >= 0.6 is 0 Å². The second kappa shape index (κ2) is 9.95. The second-order valence-corrected chi connectivity index (χ2v) is 6.40. The van der Waals surface area contributed by atoms with Crippen LogP contribution < -0.4 is 10.1 Å². The highest BCUT2D eigenvalue weighted by Gasteiger charge is 2.30. The van der Waals surface area contributed by atoms with Crippen molar-refractivity contribution in [2.45, 2.75) is 32.0 Å². The Hall–Kier alpha value is -3.03. The zero-order valence-electron chi connectivity index (χ0n) is 16.1. The summed E-state index contributed by atoms with van der Waals surface area (Å²) in [4.78, 5) is 24.0. The number of methoxy groups -OCH3 is 1. The van der Waals surface area contributed by atoms with E-state index in [9.17, 15) is 22.8 Å². The molecule has 0 spiro atoms. The molecule has 2 aromatic carbocycles. The third kappa shape index (κ3) is 7.14. The lowest BCUT2D eigenvalue weighted by molar-refractivity contribution is -0.154. The summed E-state index contributed by atoms with van der Waals surface area (Å²) in [5.74, 6) is -0.517. The Morgan fingerprint density at radius 3 is 2.38 bits per heavy atom. The summed E-state index contributed by atoms with van der Waals surface area (Å²) in [6.07, 6.45) is -5.31. The van der Waals surface area contributed by atoms with E-state index < -0.39 is 29.7 Å². The van der Waals surface area contributed by atoms with Crippen LogP contribution in [0.2, 0.25) is 0 Å². The van der Waals surface area contributed by atoms with Gasteiger partial charge in [-0.15, -0.1) is 0 Å². The highest BCUT2D eigenvalue weighted by atomic mass is 19.4. The van der Waals surface area contributed by atoms with E-state index in [1.54, 1.807) is 7.11 Å². The lowest BCUT2D eigenvalue weighted by Crippen LogP contribution is -2.37. The first-order valence-electron chi connectivity index (χ1n) is 8.95. The van der Waals surface area contributed by atoms with Crippen LogP contribution in [0.1, 0.15) is 23.6 Å². The molecule has 0 fully saturated rings. The predicted octanol–water partition coefficient (Wildman–Crippen LogP) is 3.55. The van der Waals surface area contributed by atoms with E-state index in [0.717, 1.165) is 23.4 Å². The molecule has 29 heavy (non-hydrogen) atoms. The van der Waals surface area contributed by atoms with Gasteiger partial charge in [-0.2, -0.15) is 13.2 Å². The zero-order chi connectivity index (χ0) is 21.4. The number of nitrogens with one attached hydrogen (secondary N) is 1. The first-order valence-corrected chi connectivity index (χ1v) is 8.95. The maximum absolute atomic E-state index is 12.7. The fourth-order valence-corrected chi connectivity index (χ4v) is 2.58. The molecule has 156 valence electrons. The molecule has 0 heterocycles. The average Bonchev–Trinajstić information content (AvgIpc) is 2.67. The van der Waals surface area contributed by atoms with Crippen molar-refractivity contribution in [3.8, 4) is 5.75 Å². The molecule has 8 heteroatoms. The minimum Gasteiger partial charge on any atom is -0.497 e. The predicted molar refractivity (Wildman–Crippen MR) is 100 cm³/mol. The number of benzene rings is 2. The van der Waals surface area contributed by atoms with Gasteiger partial charge in [0.1, 0.15) is 5.75 Å². The summed E-state index contributed by atoms with van der Waals surface area (Å²) in [5, 5.41) is 2.66. The summed E-state index contributed by atoms with van der Waals surface area (Å²) in [5.41, 5.74) is 0.323. The number of hydrogen-bond donors (Lipinski definition) is 1. The lowest BCUT2D eigenvalue weighted by Gasteiger charge is -2.14. The van der Waals surface area contributed by atoms with Crippen LogP contribution in [0.4, 0.5) is 13.2 Å². The van der Waals surface area contributed by atoms with Gasteiger partial charge in [0, 0.05) is 6.54 Å². The molecule has 0 aliphatic rings. The molecule has 0 saturated heterocycles. The van der Waals surface area contributed by atoms with Gasteiger partial charge in [0.2, 0.25) is 0 Å². The van der Waals surface area contributed by atoms with E-state index in [2.05, 4.69) is 5.32 Å². The van der Waals surface area contributed by atoms with E-state index in [1.165, 1.54) is 19.1 Å². The number of hydrogen-bond acceptors (Lipinski definition) is 4. The van der Waals surface area contributed by atoms with Gasteiger partial charge in [0.15, 0.2) is 6.10 Å². The zero-order valence-corrected chi connectivity index (χ0v) is 16.1. The van der Waals surface area contributed by atoms with E-state index in [1.807, 2.05) is 24.3 Å². The molecule has 2 rings (SSSR count). The van der Waals surface area contributed by atoms with Crippen LogP contribution in [0, 0.1) is 0 Å². The van der Waals surface area contributed by atoms with Gasteiger partial charge < -0.3 is 14.8 Å². The number of carbonyl (C=O) groups excluding carboxylic acids is 2. The quantitative estimate of drug-likeness (QED) is 0.678. The molecule has 0 saturated carbocycles. The number of carbonyl (C=O) groups is 2. The number of rotatable bonds is 8. The lowest BCUT2D eigenvalue weighted by atomic mass is 10.1. The number of halogens is 3. The first-order chi connectivity index (χ1) is 13.7. The molecule has 1 unspecified atom stereocenters. The molecule has 2 aromatic rings. The van der Waals surface area contributed by atoms with E-state index >= 15 is 0 Å². The normalized spacial score (nSPS) is 12.2. The molecular formula is C21H22F3NO4. The van der Waals surface area contributed by atoms with Crippen molar-refractivity contribution in [1.82, 2.24) is 5.32 Å². The summed E-state index contributed by atoms with van der Waals surface area (Å²) in [6.45, 7) is 1.76. The van der Waals surface area contributed by atoms with Crippen molar-refractivity contribution in [3.63, 3.8) is 0 Å². The largest absolute Gasteiger partial charge is 0.497 e. The Morgan fingerprint density at radius 2 is 1.76 bits per heavy atom. The van der Waals surface area contributed by atoms with Crippen LogP contribution in [0.15, 0.2) is 48.5 Å². The van der Waals surface area contributed by atoms with Crippen LogP contribution in [0.5, 0.6) is 5.75 Å². The van der Waals surface area contributed by atoms with Gasteiger partial charge in [-0.3, -0.25) is 9.59 Å². The van der Waals surface area contributed by atoms with E-state index in [-0.39, 0.29) is 12.0 Å². The molecule has 0 radical (unpaired) electrons. The van der Waals surface area contributed by atoms with Gasteiger partial charge in [-0.25, -0.2) is 0 Å². The van der Waals surface area contributed by atoms with E-state index in [4.69, 9.17) is 9.47 Å². The minimum atomic E-state index is -4.49. The van der Waals surface area contributed by atoms with Crippen molar-refractivity contribution in [1.29, 1.82) is 0 Å². The Kier molecular flexibility index (Phi) is 7.64. The van der Waals surface area contributed by atoms with Crippen molar-refractivity contribution in [2.75, 3.05) is 13.7 Å². The summed E-state index contributed by atoms with van der Waals surface area (Å²) < 4.78 is 48.3. The number of alkyl halides is 3. The fraction of sp³-hybridized carbons (Fsp3) is 0.333. The molecule has 1 atom stereocenters. The third-order valence-electron chi connectivity index (χ3n) is 4.15. The topological polar surface area (TPSA) is 64.6 Å². The van der Waals surface area contributed by atoms with Crippen LogP contribution in [0.25, 0.3) is 0 Å². The Bertz CT molecular complexity index is 835. The third-order valence-corrected chi connectivity index (χ3v) is 4.15. The number of esters is 1. The Morgan fingerprint density at radius 1 is 1.07 bits per heavy atom. The molecule has 0 aliphatic carbocycles. The standard InChI is InChI=1S/C21H22F3NO4/c1-14(20(27)25-11-10-15-6-8-18(28-2)9-7-15)29-19(26)13-16-4-3-5-17(12-16)21(22,23)24/h3-9,12,14H,10-11,13H2,1-2H3,(H,25,27). The number of amides is 1. The maximum atomic E-state index is 12.7. The van der Waals surface area contributed by atoms with Gasteiger partial charge in [0.05, 0.1) is 19.1 Å². The Balaban J connectivity index is 1.78. The molecule has 5 nitrogen and oxygen atoms in total. The highest BCUT2D eigenvalue weighted by Crippen LogP contribution is 2.29. The summed E-state index contributed by atoms with van der Waals surface area (Å²) in [6, 6.07) is 11.8. The van der Waals surface area contributed by atoms with Crippen molar-refractivity contribution in [2.24, 2.45) is 0 Å². The SMILES string of the molecule is COc1ccc(CCNC(=O)C(C)OC(=O)Cc2cccc(C(F)(F)F)c2)cc1. The molecule has 0 aliphatic heterocycles. The second-order valence-electron chi connectivity index (χ2n) is 6.40. The minimum absolute atomic E-state index is 0.164. The van der Waals surface area contributed by atoms with Crippen molar-refractivity contribution in [3.05, 3.63) is 65.2 Å². The van der Waals surface area contributed by atoms with Gasteiger partial charge in [-0.1, -0.05) is 30.3 Å². The molecule has 0 aromatic heterocycles. The van der Waals surface area contributed by atoms with Gasteiger partial charge in [0.25, 0.3) is 5.91 Å². The number of ether oxygens (including phenoxy) is 2. The Labute approximate surface area is 166 Å². The maximum Gasteiger partial charge on any atom is 0.416 e. The van der Waals surface area contributed by atoms with E-state index in [0.29, 0.717) is 13.0 Å². The fourth-order valence-electron chi connectivity index (χ4n) is 2.58.